The summed E-state index contributed by atoms with van der Waals surface area (Å²) in [6.45, 7) is 0. The summed E-state index contributed by atoms with van der Waals surface area (Å²) in [5.74, 6) is -0.626. The molecule has 1 saturated heterocycles. The third-order valence-electron chi connectivity index (χ3n) is 4.59. The highest BCUT2D eigenvalue weighted by molar-refractivity contribution is 8.15. The van der Waals surface area contributed by atoms with Gasteiger partial charge in [-0.1, -0.05) is 48.2 Å². The lowest BCUT2D eigenvalue weighted by molar-refractivity contribution is -0.116. The van der Waals surface area contributed by atoms with E-state index in [1.807, 2.05) is 6.07 Å². The maximum atomic E-state index is 12.4. The number of aromatic nitrogens is 1. The lowest BCUT2D eigenvalue weighted by Crippen LogP contribution is -2.31. The third kappa shape index (κ3) is 4.35. The minimum absolute atomic E-state index is 0.0791. The van der Waals surface area contributed by atoms with Crippen LogP contribution in [0.1, 0.15) is 5.56 Å². The zero-order chi connectivity index (χ0) is 22.4. The summed E-state index contributed by atoms with van der Waals surface area (Å²) in [6, 6.07) is 14.1. The Morgan fingerprint density at radius 2 is 1.81 bits per heavy atom. The number of nitrogens with zero attached hydrogens (tertiary/aromatic N) is 1. The van der Waals surface area contributed by atoms with Crippen molar-refractivity contribution in [3.63, 3.8) is 0 Å². The predicted molar refractivity (Wildman–Crippen MR) is 119 cm³/mol. The Bertz CT molecular complexity index is 1450. The van der Waals surface area contributed by atoms with Gasteiger partial charge < -0.3 is 5.32 Å². The molecule has 0 aliphatic carbocycles. The molecule has 0 spiro atoms. The summed E-state index contributed by atoms with van der Waals surface area (Å²) in [6.07, 6.45) is 3.92. The zero-order valence-corrected chi connectivity index (χ0v) is 18.5. The Hall–Kier alpha value is -2.73. The second-order valence-corrected chi connectivity index (χ2v) is 11.8. The number of nitrogens with one attached hydrogen (secondary N) is 1. The highest BCUT2D eigenvalue weighted by Gasteiger charge is 2.35. The van der Waals surface area contributed by atoms with Crippen molar-refractivity contribution in [2.75, 3.05) is 6.26 Å². The molecule has 2 heterocycles. The standard InChI is InChI=1S/C20H16N2O6S3/c1-30(24,25)17-11-21-15-8-7-12(9-14(15)18(17)13-5-3-2-4-6-13)10-16-19(23)22-20(29-16)31(26,27)28/h2-11,20H,1H3,(H,22,23)(H,26,27,28). The monoisotopic (exact) mass is 476 g/mol. The van der Waals surface area contributed by atoms with Crippen LogP contribution >= 0.6 is 11.8 Å². The molecule has 1 atom stereocenters. The van der Waals surface area contributed by atoms with Crippen LogP contribution in [0.5, 0.6) is 0 Å². The molecule has 1 aliphatic rings. The highest BCUT2D eigenvalue weighted by atomic mass is 32.3. The van der Waals surface area contributed by atoms with E-state index < -0.39 is 30.6 Å². The lowest BCUT2D eigenvalue weighted by Gasteiger charge is -2.12. The van der Waals surface area contributed by atoms with Crippen molar-refractivity contribution in [3.8, 4) is 11.1 Å². The molecule has 2 aromatic carbocycles. The molecule has 0 bridgehead atoms. The molecule has 31 heavy (non-hydrogen) atoms. The van der Waals surface area contributed by atoms with Crippen LogP contribution in [0, 0.1) is 0 Å². The van der Waals surface area contributed by atoms with Crippen LogP contribution in [-0.4, -0.2) is 43.2 Å². The first-order valence-electron chi connectivity index (χ1n) is 8.88. The van der Waals surface area contributed by atoms with E-state index in [1.54, 1.807) is 42.5 Å². The average molecular weight is 477 g/mol. The Balaban J connectivity index is 1.91. The van der Waals surface area contributed by atoms with E-state index in [9.17, 15) is 26.2 Å². The summed E-state index contributed by atoms with van der Waals surface area (Å²) in [5, 5.41) is 2.76. The molecule has 0 radical (unpaired) electrons. The maximum Gasteiger partial charge on any atom is 0.296 e. The summed E-state index contributed by atoms with van der Waals surface area (Å²) in [5.41, 5.74) is 2.30. The number of pyridine rings is 1. The Labute approximate surface area is 183 Å². The van der Waals surface area contributed by atoms with Crippen molar-refractivity contribution < 1.29 is 26.2 Å². The highest BCUT2D eigenvalue weighted by Crippen LogP contribution is 2.36. The van der Waals surface area contributed by atoms with E-state index in [2.05, 4.69) is 10.3 Å². The summed E-state index contributed by atoms with van der Waals surface area (Å²) in [4.78, 5) is 16.6. The van der Waals surface area contributed by atoms with E-state index in [1.165, 1.54) is 12.3 Å². The normalized spacial score (nSPS) is 18.5. The molecule has 4 rings (SSSR count). The lowest BCUT2D eigenvalue weighted by atomic mass is 9.99. The van der Waals surface area contributed by atoms with E-state index in [0.29, 0.717) is 39.4 Å². The molecule has 160 valence electrons. The van der Waals surface area contributed by atoms with Crippen molar-refractivity contribution in [1.82, 2.24) is 10.3 Å². The van der Waals surface area contributed by atoms with Crippen molar-refractivity contribution in [1.29, 1.82) is 0 Å². The van der Waals surface area contributed by atoms with E-state index in [4.69, 9.17) is 0 Å². The van der Waals surface area contributed by atoms with Crippen LogP contribution in [0.2, 0.25) is 0 Å². The van der Waals surface area contributed by atoms with Crippen LogP contribution in [-0.2, 0) is 24.7 Å². The Morgan fingerprint density at radius 1 is 1.10 bits per heavy atom. The van der Waals surface area contributed by atoms with Gasteiger partial charge in [0.05, 0.1) is 15.3 Å². The smallest absolute Gasteiger partial charge is 0.296 e. The number of fused-ring (bicyclic) bond motifs is 1. The molecule has 11 heteroatoms. The number of benzene rings is 2. The van der Waals surface area contributed by atoms with Crippen LogP contribution < -0.4 is 5.32 Å². The fraction of sp³-hybridized carbons (Fsp3) is 0.100. The number of thioether (sulfide) groups is 1. The molecule has 8 nitrogen and oxygen atoms in total. The number of amides is 1. The number of carbonyl (C=O) groups is 1. The van der Waals surface area contributed by atoms with Gasteiger partial charge >= 0.3 is 0 Å². The second-order valence-electron chi connectivity index (χ2n) is 6.86. The molecule has 1 fully saturated rings. The molecule has 1 unspecified atom stereocenters. The van der Waals surface area contributed by atoms with Gasteiger partial charge in [0.15, 0.2) is 9.84 Å². The summed E-state index contributed by atoms with van der Waals surface area (Å²) in [7, 11) is -8.03. The molecular weight excluding hydrogens is 460 g/mol. The number of carbonyl (C=O) groups excluding carboxylic acids is 1. The fourth-order valence-corrected chi connectivity index (χ4v) is 5.89. The number of hydrogen-bond acceptors (Lipinski definition) is 7. The van der Waals surface area contributed by atoms with E-state index in [0.717, 1.165) is 6.26 Å². The SMILES string of the molecule is CS(=O)(=O)c1cnc2ccc(C=C3SC(S(=O)(=O)O)NC3=O)cc2c1-c1ccccc1. The minimum atomic E-state index is -4.45. The Kier molecular flexibility index (Phi) is 5.38. The van der Waals surface area contributed by atoms with Gasteiger partial charge in [-0.2, -0.15) is 8.42 Å². The van der Waals surface area contributed by atoms with Gasteiger partial charge in [0.2, 0.25) is 4.71 Å². The average Bonchev–Trinajstić information content (AvgIpc) is 3.08. The van der Waals surface area contributed by atoms with Crippen LogP contribution in [0.25, 0.3) is 28.1 Å². The fourth-order valence-electron chi connectivity index (χ4n) is 3.23. The molecule has 0 saturated carbocycles. The van der Waals surface area contributed by atoms with Crippen molar-refractivity contribution in [3.05, 3.63) is 65.2 Å². The first-order valence-corrected chi connectivity index (χ1v) is 13.2. The third-order valence-corrected chi connectivity index (χ3v) is 8.27. The van der Waals surface area contributed by atoms with Gasteiger partial charge in [-0.15, -0.1) is 0 Å². The number of rotatable bonds is 4. The number of sulfone groups is 1. The van der Waals surface area contributed by atoms with Gasteiger partial charge in [0, 0.05) is 23.4 Å². The van der Waals surface area contributed by atoms with Crippen LogP contribution in [0.3, 0.4) is 0 Å². The molecular formula is C20H16N2O6S3. The second kappa shape index (κ2) is 7.75. The largest absolute Gasteiger partial charge is 0.324 e. The molecule has 1 aromatic heterocycles. The van der Waals surface area contributed by atoms with E-state index in [-0.39, 0.29) is 9.80 Å². The van der Waals surface area contributed by atoms with Gasteiger partial charge in [0.25, 0.3) is 16.0 Å². The molecule has 2 N–H and O–H groups in total. The summed E-state index contributed by atoms with van der Waals surface area (Å²) >= 11 is 0.685. The quantitative estimate of drug-likeness (QED) is 0.434. The van der Waals surface area contributed by atoms with Crippen LogP contribution in [0.4, 0.5) is 0 Å². The van der Waals surface area contributed by atoms with Gasteiger partial charge in [-0.05, 0) is 29.3 Å². The molecule has 1 amide bonds. The van der Waals surface area contributed by atoms with Gasteiger partial charge in [-0.3, -0.25) is 14.3 Å². The number of hydrogen-bond donors (Lipinski definition) is 2. The van der Waals surface area contributed by atoms with E-state index >= 15 is 0 Å². The van der Waals surface area contributed by atoms with Crippen molar-refractivity contribution in [2.24, 2.45) is 0 Å². The van der Waals surface area contributed by atoms with Gasteiger partial charge in [-0.25, -0.2) is 8.42 Å². The first-order chi connectivity index (χ1) is 14.5. The van der Waals surface area contributed by atoms with Crippen molar-refractivity contribution in [2.45, 2.75) is 9.60 Å². The first kappa shape index (κ1) is 21.5. The summed E-state index contributed by atoms with van der Waals surface area (Å²) < 4.78 is 55.2. The van der Waals surface area contributed by atoms with Crippen LogP contribution in [0.15, 0.2) is 64.5 Å². The Morgan fingerprint density at radius 3 is 2.42 bits per heavy atom. The molecule has 3 aromatic rings. The predicted octanol–water partition coefficient (Wildman–Crippen LogP) is 2.68. The molecule has 1 aliphatic heterocycles. The van der Waals surface area contributed by atoms with Crippen molar-refractivity contribution >= 4 is 54.6 Å². The topological polar surface area (TPSA) is 130 Å². The maximum absolute atomic E-state index is 12.4. The zero-order valence-electron chi connectivity index (χ0n) is 16.0. The van der Waals surface area contributed by atoms with Gasteiger partial charge in [0.1, 0.15) is 0 Å². The minimum Gasteiger partial charge on any atom is -0.324 e.